The third-order valence-electron chi connectivity index (χ3n) is 5.40. The number of aromatic hydroxyl groups is 2. The molecule has 0 aliphatic heterocycles. The molecule has 2 aromatic heterocycles. The molecule has 1 amide bonds. The van der Waals surface area contributed by atoms with Gasteiger partial charge in [0.15, 0.2) is 0 Å². The summed E-state index contributed by atoms with van der Waals surface area (Å²) in [6.07, 6.45) is 0.750. The number of phenols is 1. The van der Waals surface area contributed by atoms with Crippen molar-refractivity contribution in [2.45, 2.75) is 0 Å². The number of aromatic nitrogens is 1. The quantitative estimate of drug-likeness (QED) is 0.285. The maximum atomic E-state index is 12.6. The van der Waals surface area contributed by atoms with Crippen molar-refractivity contribution in [3.63, 3.8) is 0 Å². The van der Waals surface area contributed by atoms with Crippen LogP contribution in [0.3, 0.4) is 0 Å². The SMILES string of the molecule is CN(C)C=O.O=c1[nH]c2scc(-c3ccc(-c4ccccc4O)cc3)c2c(O)c1-c1ccccc1. The molecule has 7 heteroatoms. The number of pyridine rings is 1. The van der Waals surface area contributed by atoms with Gasteiger partial charge in [-0.05, 0) is 22.8 Å². The highest BCUT2D eigenvalue weighted by Crippen LogP contribution is 2.42. The van der Waals surface area contributed by atoms with E-state index in [0.29, 0.717) is 15.8 Å². The number of rotatable bonds is 4. The van der Waals surface area contributed by atoms with Crippen LogP contribution in [0.5, 0.6) is 11.5 Å². The number of carbonyl (C=O) groups is 1. The Morgan fingerprint density at radius 3 is 1.97 bits per heavy atom. The molecule has 2 heterocycles. The summed E-state index contributed by atoms with van der Waals surface area (Å²) < 4.78 is 0. The van der Waals surface area contributed by atoms with Gasteiger partial charge in [0, 0.05) is 30.6 Å². The van der Waals surface area contributed by atoms with Crippen LogP contribution in [-0.4, -0.2) is 40.6 Å². The first kappa shape index (κ1) is 23.8. The van der Waals surface area contributed by atoms with Crippen molar-refractivity contribution in [1.29, 1.82) is 0 Å². The van der Waals surface area contributed by atoms with Crippen molar-refractivity contribution in [3.05, 3.63) is 94.6 Å². The van der Waals surface area contributed by atoms with E-state index >= 15 is 0 Å². The van der Waals surface area contributed by atoms with Gasteiger partial charge in [-0.15, -0.1) is 11.3 Å². The number of hydrogen-bond acceptors (Lipinski definition) is 5. The molecule has 3 aromatic carbocycles. The molecule has 35 heavy (non-hydrogen) atoms. The number of phenolic OH excluding ortho intramolecular Hbond substituents is 1. The minimum atomic E-state index is -0.311. The fourth-order valence-corrected chi connectivity index (χ4v) is 4.68. The molecule has 0 radical (unpaired) electrons. The van der Waals surface area contributed by atoms with Crippen molar-refractivity contribution in [3.8, 4) is 44.9 Å². The van der Waals surface area contributed by atoms with E-state index in [0.717, 1.165) is 28.7 Å². The van der Waals surface area contributed by atoms with Crippen molar-refractivity contribution < 1.29 is 15.0 Å². The number of hydrogen-bond donors (Lipinski definition) is 3. The number of H-pyrrole nitrogens is 1. The lowest BCUT2D eigenvalue weighted by atomic mass is 9.98. The van der Waals surface area contributed by atoms with Gasteiger partial charge in [0.25, 0.3) is 5.56 Å². The normalized spacial score (nSPS) is 10.5. The zero-order valence-electron chi connectivity index (χ0n) is 19.2. The van der Waals surface area contributed by atoms with Gasteiger partial charge in [-0.1, -0.05) is 72.8 Å². The van der Waals surface area contributed by atoms with Crippen LogP contribution in [0.4, 0.5) is 0 Å². The monoisotopic (exact) mass is 484 g/mol. The molecule has 0 saturated heterocycles. The van der Waals surface area contributed by atoms with Crippen LogP contribution in [0.15, 0.2) is 89.0 Å². The Kier molecular flexibility index (Phi) is 6.98. The Morgan fingerprint density at radius 1 is 0.800 bits per heavy atom. The maximum Gasteiger partial charge on any atom is 0.260 e. The average molecular weight is 485 g/mol. The Hall–Kier alpha value is -4.36. The molecule has 5 rings (SSSR count). The van der Waals surface area contributed by atoms with Crippen molar-refractivity contribution in [1.82, 2.24) is 9.88 Å². The van der Waals surface area contributed by atoms with E-state index in [-0.39, 0.29) is 22.6 Å². The van der Waals surface area contributed by atoms with Gasteiger partial charge in [0.05, 0.1) is 10.9 Å². The summed E-state index contributed by atoms with van der Waals surface area (Å²) in [6, 6.07) is 24.2. The van der Waals surface area contributed by atoms with Crippen LogP contribution in [-0.2, 0) is 4.79 Å². The molecule has 0 aliphatic rings. The molecule has 176 valence electrons. The van der Waals surface area contributed by atoms with E-state index in [4.69, 9.17) is 0 Å². The fourth-order valence-electron chi connectivity index (χ4n) is 3.72. The highest BCUT2D eigenvalue weighted by atomic mass is 32.1. The van der Waals surface area contributed by atoms with E-state index in [9.17, 15) is 19.8 Å². The number of para-hydroxylation sites is 1. The summed E-state index contributed by atoms with van der Waals surface area (Å²) in [5.41, 5.74) is 4.07. The minimum Gasteiger partial charge on any atom is -0.507 e. The van der Waals surface area contributed by atoms with Crippen LogP contribution in [0.2, 0.25) is 0 Å². The topological polar surface area (TPSA) is 93.6 Å². The van der Waals surface area contributed by atoms with E-state index < -0.39 is 0 Å². The number of amides is 1. The summed E-state index contributed by atoms with van der Waals surface area (Å²) in [6.45, 7) is 0. The smallest absolute Gasteiger partial charge is 0.260 e. The third-order valence-corrected chi connectivity index (χ3v) is 6.30. The first-order chi connectivity index (χ1) is 16.9. The standard InChI is InChI=1S/C25H17NO3S.C3H7NO/c27-20-9-5-4-8-18(20)15-10-12-16(13-11-15)19-14-30-25-22(19)23(28)21(24(29)26-25)17-6-2-1-3-7-17;1-4(2)3-5/h1-14,27H,(H2,26,28,29);3H,1-2H3. The van der Waals surface area contributed by atoms with Crippen molar-refractivity contribution >= 4 is 28.0 Å². The molecule has 6 nitrogen and oxygen atoms in total. The number of thiophene rings is 1. The largest absolute Gasteiger partial charge is 0.507 e. The van der Waals surface area contributed by atoms with Gasteiger partial charge in [-0.3, -0.25) is 9.59 Å². The summed E-state index contributed by atoms with van der Waals surface area (Å²) in [5.74, 6) is 0.218. The average Bonchev–Trinajstić information content (AvgIpc) is 3.29. The number of aromatic amines is 1. The molecular weight excluding hydrogens is 460 g/mol. The lowest BCUT2D eigenvalue weighted by Crippen LogP contribution is -2.08. The molecule has 0 spiro atoms. The van der Waals surface area contributed by atoms with Crippen molar-refractivity contribution in [2.24, 2.45) is 0 Å². The van der Waals surface area contributed by atoms with E-state index in [1.54, 1.807) is 26.2 Å². The number of carbonyl (C=O) groups excluding carboxylic acids is 1. The molecular formula is C28H24N2O4S. The number of nitrogens with one attached hydrogen (secondary N) is 1. The van der Waals surface area contributed by atoms with Crippen molar-refractivity contribution in [2.75, 3.05) is 14.1 Å². The van der Waals surface area contributed by atoms with E-state index in [1.807, 2.05) is 72.1 Å². The lowest BCUT2D eigenvalue weighted by Gasteiger charge is -2.09. The summed E-state index contributed by atoms with van der Waals surface area (Å²) >= 11 is 1.39. The molecule has 0 atom stereocenters. The highest BCUT2D eigenvalue weighted by molar-refractivity contribution is 7.17. The number of benzene rings is 3. The van der Waals surface area contributed by atoms with Gasteiger partial charge in [0.1, 0.15) is 16.3 Å². The van der Waals surface area contributed by atoms with E-state index in [1.165, 1.54) is 16.2 Å². The first-order valence-corrected chi connectivity index (χ1v) is 11.7. The molecule has 0 fully saturated rings. The molecule has 0 unspecified atom stereocenters. The second-order valence-corrected chi connectivity index (χ2v) is 8.94. The predicted molar refractivity (Wildman–Crippen MR) is 142 cm³/mol. The molecule has 5 aromatic rings. The lowest BCUT2D eigenvalue weighted by molar-refractivity contribution is -0.115. The molecule has 3 N–H and O–H groups in total. The van der Waals surface area contributed by atoms with Gasteiger partial charge in [-0.2, -0.15) is 0 Å². The summed E-state index contributed by atoms with van der Waals surface area (Å²) in [5, 5.41) is 23.7. The van der Waals surface area contributed by atoms with Crippen LogP contribution >= 0.6 is 11.3 Å². The third kappa shape index (κ3) is 4.95. The van der Waals surface area contributed by atoms with Crippen LogP contribution in [0.1, 0.15) is 0 Å². The van der Waals surface area contributed by atoms with Crippen LogP contribution in [0.25, 0.3) is 43.6 Å². The van der Waals surface area contributed by atoms with E-state index in [2.05, 4.69) is 4.98 Å². The van der Waals surface area contributed by atoms with Gasteiger partial charge in [-0.25, -0.2) is 0 Å². The zero-order valence-corrected chi connectivity index (χ0v) is 20.0. The summed E-state index contributed by atoms with van der Waals surface area (Å²) in [4.78, 5) is 27.0. The highest BCUT2D eigenvalue weighted by Gasteiger charge is 2.18. The fraction of sp³-hybridized carbons (Fsp3) is 0.0714. The Bertz CT molecular complexity index is 1520. The number of fused-ring (bicyclic) bond motifs is 1. The molecule has 0 aliphatic carbocycles. The molecule has 0 bridgehead atoms. The molecule has 0 saturated carbocycles. The Balaban J connectivity index is 0.000000527. The maximum absolute atomic E-state index is 12.6. The first-order valence-electron chi connectivity index (χ1n) is 10.8. The second-order valence-electron chi connectivity index (χ2n) is 8.06. The Morgan fingerprint density at radius 2 is 1.37 bits per heavy atom. The Labute approximate surface area is 206 Å². The van der Waals surface area contributed by atoms with Crippen LogP contribution in [0, 0.1) is 0 Å². The van der Waals surface area contributed by atoms with Gasteiger partial charge < -0.3 is 20.1 Å². The minimum absolute atomic E-state index is 0.0130. The van der Waals surface area contributed by atoms with Gasteiger partial charge in [0.2, 0.25) is 6.41 Å². The summed E-state index contributed by atoms with van der Waals surface area (Å²) in [7, 11) is 3.38. The van der Waals surface area contributed by atoms with Gasteiger partial charge >= 0.3 is 0 Å². The predicted octanol–water partition coefficient (Wildman–Crippen LogP) is 5.71. The van der Waals surface area contributed by atoms with Crippen LogP contribution < -0.4 is 5.56 Å². The second kappa shape index (κ2) is 10.3. The zero-order chi connectivity index (χ0) is 24.9. The number of nitrogens with zero attached hydrogens (tertiary/aromatic N) is 1.